The first-order chi connectivity index (χ1) is 19.2. The Morgan fingerprint density at radius 3 is 2.51 bits per heavy atom. The number of aliphatic hydroxyl groups excluding tert-OH is 1. The number of aliphatic hydroxyl groups is 1. The largest absolute Gasteiger partial charge is 0.509 e. The molecule has 0 saturated heterocycles. The second-order valence-corrected chi connectivity index (χ2v) is 13.4. The summed E-state index contributed by atoms with van der Waals surface area (Å²) in [5.41, 5.74) is -2.67. The van der Waals surface area contributed by atoms with E-state index < -0.39 is 64.1 Å². The zero-order chi connectivity index (χ0) is 30.4. The maximum absolute atomic E-state index is 14.1. The number of ether oxygens (including phenoxy) is 4. The molecule has 3 saturated carbocycles. The van der Waals surface area contributed by atoms with Crippen molar-refractivity contribution in [2.45, 2.75) is 103 Å². The Labute approximate surface area is 246 Å². The van der Waals surface area contributed by atoms with E-state index in [1.165, 1.54) is 6.08 Å². The average Bonchev–Trinajstić information content (AvgIpc) is 3.10. The van der Waals surface area contributed by atoms with Crippen LogP contribution in [0.25, 0.3) is 0 Å². The fourth-order valence-corrected chi connectivity index (χ4v) is 8.84. The molecule has 228 valence electrons. The SMILES string of the molecule is CCCCOC(=O)O[C@]1(C(=O)COC(=O)OC(C)C)[C@H](C)C[C@H]2[C@@H]3CCC4=CC(=O)C=C[C@]4(C)[C@@]3(Cl)C(O)C[C@@]21C. The third kappa shape index (κ3) is 4.90. The van der Waals surface area contributed by atoms with Crippen LogP contribution < -0.4 is 0 Å². The molecule has 4 rings (SSSR count). The molecule has 0 amide bonds. The van der Waals surface area contributed by atoms with E-state index in [4.69, 9.17) is 30.5 Å². The van der Waals surface area contributed by atoms with Crippen molar-refractivity contribution in [1.82, 2.24) is 0 Å². The van der Waals surface area contributed by atoms with E-state index in [0.29, 0.717) is 25.7 Å². The molecule has 10 heteroatoms. The summed E-state index contributed by atoms with van der Waals surface area (Å²) < 4.78 is 21.6. The van der Waals surface area contributed by atoms with Crippen LogP contribution in [0, 0.1) is 28.6 Å². The number of rotatable bonds is 8. The zero-order valence-electron chi connectivity index (χ0n) is 24.9. The van der Waals surface area contributed by atoms with Crippen molar-refractivity contribution < 1.29 is 43.2 Å². The number of halogens is 1. The highest BCUT2D eigenvalue weighted by molar-refractivity contribution is 6.26. The van der Waals surface area contributed by atoms with Crippen molar-refractivity contribution in [3.8, 4) is 0 Å². The van der Waals surface area contributed by atoms with E-state index in [9.17, 15) is 24.3 Å². The zero-order valence-corrected chi connectivity index (χ0v) is 25.6. The topological polar surface area (TPSA) is 125 Å². The monoisotopic (exact) mass is 594 g/mol. The van der Waals surface area contributed by atoms with E-state index in [1.807, 2.05) is 33.8 Å². The molecule has 0 aromatic carbocycles. The standard InChI is InChI=1S/C31H43ClO9/c1-7-8-13-38-27(37)41-31(25(35)17-39-26(36)40-18(2)3)19(4)14-23-22-10-9-20-15-21(33)11-12-28(20,5)30(22,32)24(34)16-29(23,31)6/h11-12,15,18-19,22-24,34H,7-10,13-14,16-17H2,1-6H3/t19-,22+,23+,24?,28+,29+,30+,31+/m1/s1. The number of Topliss-reactive ketones (excluding diaryl/α,β-unsaturated/α-hetero) is 1. The van der Waals surface area contributed by atoms with Crippen LogP contribution in [-0.2, 0) is 28.5 Å². The molecule has 4 aliphatic rings. The summed E-state index contributed by atoms with van der Waals surface area (Å²) in [5.74, 6) is -1.67. The van der Waals surface area contributed by atoms with Gasteiger partial charge in [-0.3, -0.25) is 9.59 Å². The van der Waals surface area contributed by atoms with Gasteiger partial charge in [-0.1, -0.05) is 45.8 Å². The van der Waals surface area contributed by atoms with Gasteiger partial charge in [0.25, 0.3) is 0 Å². The first-order valence-corrected chi connectivity index (χ1v) is 15.1. The number of unbranched alkanes of at least 4 members (excludes halogenated alkanes) is 1. The summed E-state index contributed by atoms with van der Waals surface area (Å²) in [5, 5.41) is 11.9. The third-order valence-electron chi connectivity index (χ3n) is 10.2. The molecule has 0 spiro atoms. The first-order valence-electron chi connectivity index (χ1n) is 14.7. The second kappa shape index (κ2) is 11.4. The van der Waals surface area contributed by atoms with E-state index in [1.54, 1.807) is 19.9 Å². The number of hydrogen-bond donors (Lipinski definition) is 1. The molecule has 41 heavy (non-hydrogen) atoms. The minimum Gasteiger partial charge on any atom is -0.434 e. The molecule has 4 aliphatic carbocycles. The van der Waals surface area contributed by atoms with Gasteiger partial charge in [0.2, 0.25) is 5.78 Å². The van der Waals surface area contributed by atoms with Crippen LogP contribution in [-0.4, -0.2) is 64.9 Å². The van der Waals surface area contributed by atoms with Gasteiger partial charge in [0, 0.05) is 16.7 Å². The summed E-state index contributed by atoms with van der Waals surface area (Å²) in [4.78, 5) is 50.4. The molecule has 0 heterocycles. The van der Waals surface area contributed by atoms with Gasteiger partial charge in [-0.15, -0.1) is 11.6 Å². The van der Waals surface area contributed by atoms with Crippen LogP contribution >= 0.6 is 11.6 Å². The van der Waals surface area contributed by atoms with E-state index in [2.05, 4.69) is 0 Å². The molecule has 0 radical (unpaired) electrons. The predicted octanol–water partition coefficient (Wildman–Crippen LogP) is 5.70. The lowest BCUT2D eigenvalue weighted by atomic mass is 9.45. The number of ketones is 2. The summed E-state index contributed by atoms with van der Waals surface area (Å²) in [6.07, 6.45) is 4.61. The van der Waals surface area contributed by atoms with Crippen LogP contribution in [0.3, 0.4) is 0 Å². The minimum absolute atomic E-state index is 0.0527. The van der Waals surface area contributed by atoms with Gasteiger partial charge >= 0.3 is 12.3 Å². The highest BCUT2D eigenvalue weighted by Gasteiger charge is 2.76. The second-order valence-electron chi connectivity index (χ2n) is 12.8. The Bertz CT molecular complexity index is 1150. The summed E-state index contributed by atoms with van der Waals surface area (Å²) in [6, 6.07) is 0. The fourth-order valence-electron chi connectivity index (χ4n) is 8.32. The number of allylic oxidation sites excluding steroid dienone is 4. The molecule has 9 nitrogen and oxygen atoms in total. The van der Waals surface area contributed by atoms with Crippen molar-refractivity contribution in [2.24, 2.45) is 28.6 Å². The first kappa shape index (κ1) is 31.5. The molecule has 8 atom stereocenters. The summed E-state index contributed by atoms with van der Waals surface area (Å²) >= 11 is 7.52. The van der Waals surface area contributed by atoms with Gasteiger partial charge in [0.05, 0.1) is 23.7 Å². The van der Waals surface area contributed by atoms with Crippen LogP contribution in [0.5, 0.6) is 0 Å². The Morgan fingerprint density at radius 1 is 1.15 bits per heavy atom. The summed E-state index contributed by atoms with van der Waals surface area (Å²) in [6.45, 7) is 10.4. The maximum atomic E-state index is 14.1. The van der Waals surface area contributed by atoms with Crippen LogP contribution in [0.15, 0.2) is 23.8 Å². The Morgan fingerprint density at radius 2 is 1.85 bits per heavy atom. The Kier molecular flexibility index (Phi) is 8.74. The van der Waals surface area contributed by atoms with Crippen molar-refractivity contribution in [1.29, 1.82) is 0 Å². The smallest absolute Gasteiger partial charge is 0.434 e. The van der Waals surface area contributed by atoms with Crippen molar-refractivity contribution >= 4 is 35.5 Å². The van der Waals surface area contributed by atoms with Crippen molar-refractivity contribution in [3.63, 3.8) is 0 Å². The quantitative estimate of drug-likeness (QED) is 0.214. The van der Waals surface area contributed by atoms with E-state index in [-0.39, 0.29) is 30.6 Å². The lowest BCUT2D eigenvalue weighted by molar-refractivity contribution is -0.185. The number of fused-ring (bicyclic) bond motifs is 5. The van der Waals surface area contributed by atoms with E-state index in [0.717, 1.165) is 12.0 Å². The number of hydrogen-bond acceptors (Lipinski definition) is 9. The molecule has 0 aromatic heterocycles. The van der Waals surface area contributed by atoms with Gasteiger partial charge in [-0.05, 0) is 69.9 Å². The van der Waals surface area contributed by atoms with Crippen LogP contribution in [0.1, 0.15) is 80.1 Å². The highest BCUT2D eigenvalue weighted by atomic mass is 35.5. The van der Waals surface area contributed by atoms with Gasteiger partial charge in [0.1, 0.15) is 0 Å². The molecule has 0 aromatic rings. The van der Waals surface area contributed by atoms with Gasteiger partial charge in [-0.2, -0.15) is 0 Å². The number of carbonyl (C=O) groups excluding carboxylic acids is 4. The average molecular weight is 595 g/mol. The fraction of sp³-hybridized carbons (Fsp3) is 0.742. The molecule has 3 fully saturated rings. The third-order valence-corrected chi connectivity index (χ3v) is 11.1. The normalized spacial score (nSPS) is 39.2. The molecule has 1 N–H and O–H groups in total. The lowest BCUT2D eigenvalue weighted by Crippen LogP contribution is -2.69. The lowest BCUT2D eigenvalue weighted by Gasteiger charge is -2.64. The predicted molar refractivity (Wildman–Crippen MR) is 150 cm³/mol. The van der Waals surface area contributed by atoms with Gasteiger partial charge in [0.15, 0.2) is 18.0 Å². The Balaban J connectivity index is 1.73. The van der Waals surface area contributed by atoms with E-state index >= 15 is 0 Å². The number of alkyl halides is 1. The highest BCUT2D eigenvalue weighted by Crippen LogP contribution is 2.72. The molecular formula is C31H43ClO9. The maximum Gasteiger partial charge on any atom is 0.509 e. The molecule has 0 aliphatic heterocycles. The van der Waals surface area contributed by atoms with Crippen LogP contribution in [0.4, 0.5) is 9.59 Å². The summed E-state index contributed by atoms with van der Waals surface area (Å²) in [7, 11) is 0. The van der Waals surface area contributed by atoms with Gasteiger partial charge < -0.3 is 24.1 Å². The van der Waals surface area contributed by atoms with Crippen molar-refractivity contribution in [3.05, 3.63) is 23.8 Å². The number of carbonyl (C=O) groups is 4. The van der Waals surface area contributed by atoms with Crippen molar-refractivity contribution in [2.75, 3.05) is 13.2 Å². The van der Waals surface area contributed by atoms with Gasteiger partial charge in [-0.25, -0.2) is 9.59 Å². The minimum atomic E-state index is -1.74. The molecule has 1 unspecified atom stereocenters. The molecule has 0 bridgehead atoms. The van der Waals surface area contributed by atoms with Crippen LogP contribution in [0.2, 0.25) is 0 Å². The Hall–Kier alpha value is -2.39. The molecular weight excluding hydrogens is 552 g/mol.